The number of carbonyl (C=O) groups excluding carboxylic acids is 2. The van der Waals surface area contributed by atoms with Gasteiger partial charge in [-0.3, -0.25) is 4.79 Å². The summed E-state index contributed by atoms with van der Waals surface area (Å²) in [5.41, 5.74) is 5.21. The van der Waals surface area contributed by atoms with E-state index in [-0.39, 0.29) is 17.9 Å². The molecule has 0 saturated heterocycles. The number of hydrogen-bond donors (Lipinski definition) is 1. The number of aliphatic hydroxyl groups is 1. The molecule has 1 fully saturated rings. The quantitative estimate of drug-likeness (QED) is 0.527. The van der Waals surface area contributed by atoms with E-state index < -0.39 is 20.1 Å². The average Bonchev–Trinajstić information content (AvgIpc) is 2.68. The van der Waals surface area contributed by atoms with Gasteiger partial charge in [0.1, 0.15) is 0 Å². The van der Waals surface area contributed by atoms with Gasteiger partial charge in [-0.25, -0.2) is 4.79 Å². The number of aliphatic hydroxyl groups excluding tert-OH is 1. The highest BCUT2D eigenvalue weighted by Crippen LogP contribution is 2.40. The first kappa shape index (κ1) is 25.0. The van der Waals surface area contributed by atoms with Gasteiger partial charge in [-0.15, -0.1) is 0 Å². The molecular formula is C26H41NO4Si. The lowest BCUT2D eigenvalue weighted by atomic mass is 9.74. The molecule has 1 saturated carbocycles. The van der Waals surface area contributed by atoms with E-state index in [1.54, 1.807) is 6.92 Å². The van der Waals surface area contributed by atoms with E-state index in [4.69, 9.17) is 4.74 Å². The fourth-order valence-electron chi connectivity index (χ4n) is 6.02. The molecule has 1 aromatic rings. The standard InChI is InChI=1S/C26H41NO4Si/c1-9-31-25(30)23(29)22-16(2)19-13-21(28)27(18-11-10-12-26(4,5)14-18)15-20(19)17(3)24(22)32(6,7)8/h18,23,29H,9-15H2,1-8H3/t18?,23-/m0/s1. The van der Waals surface area contributed by atoms with Gasteiger partial charge in [-0.2, -0.15) is 0 Å². The van der Waals surface area contributed by atoms with E-state index in [1.807, 2.05) is 6.92 Å². The number of fused-ring (bicyclic) bond motifs is 1. The molecular weight excluding hydrogens is 418 g/mol. The summed E-state index contributed by atoms with van der Waals surface area (Å²) in [5.74, 6) is -0.442. The summed E-state index contributed by atoms with van der Waals surface area (Å²) in [5, 5.41) is 12.1. The van der Waals surface area contributed by atoms with Crippen molar-refractivity contribution in [2.45, 2.75) is 105 Å². The zero-order chi connectivity index (χ0) is 24.0. The molecule has 178 valence electrons. The first-order chi connectivity index (χ1) is 14.8. The van der Waals surface area contributed by atoms with Gasteiger partial charge in [0, 0.05) is 12.6 Å². The SMILES string of the molecule is CCOC(=O)[C@@H](O)c1c(C)c2c(c(C)c1[Si](C)(C)C)CN(C1CCCC(C)(C)C1)C(=O)C2. The predicted octanol–water partition coefficient (Wildman–Crippen LogP) is 4.30. The maximum absolute atomic E-state index is 13.3. The fraction of sp³-hybridized carbons (Fsp3) is 0.692. The minimum absolute atomic E-state index is 0.167. The molecule has 0 radical (unpaired) electrons. The van der Waals surface area contributed by atoms with Gasteiger partial charge in [-0.1, -0.05) is 45.1 Å². The number of hydrogen-bond acceptors (Lipinski definition) is 4. The van der Waals surface area contributed by atoms with Crippen molar-refractivity contribution in [3.05, 3.63) is 27.8 Å². The molecule has 2 atom stereocenters. The Kier molecular flexibility index (Phi) is 6.97. The summed E-state index contributed by atoms with van der Waals surface area (Å²) in [7, 11) is -1.92. The van der Waals surface area contributed by atoms with Crippen molar-refractivity contribution in [2.24, 2.45) is 5.41 Å². The lowest BCUT2D eigenvalue weighted by Crippen LogP contribution is -2.50. The van der Waals surface area contributed by atoms with Crippen LogP contribution in [0, 0.1) is 19.3 Å². The van der Waals surface area contributed by atoms with E-state index in [2.05, 4.69) is 45.3 Å². The normalized spacial score (nSPS) is 21.8. The zero-order valence-electron chi connectivity index (χ0n) is 21.2. The molecule has 1 aromatic carbocycles. The van der Waals surface area contributed by atoms with Crippen molar-refractivity contribution in [3.8, 4) is 0 Å². The van der Waals surface area contributed by atoms with Gasteiger partial charge in [0.05, 0.1) is 21.1 Å². The number of rotatable bonds is 5. The fourth-order valence-corrected chi connectivity index (χ4v) is 8.43. The summed E-state index contributed by atoms with van der Waals surface area (Å²) >= 11 is 0. The average molecular weight is 460 g/mol. The topological polar surface area (TPSA) is 66.8 Å². The summed E-state index contributed by atoms with van der Waals surface area (Å²) < 4.78 is 5.15. The Morgan fingerprint density at radius 2 is 1.88 bits per heavy atom. The summed E-state index contributed by atoms with van der Waals surface area (Å²) in [6.45, 7) is 18.1. The highest BCUT2D eigenvalue weighted by atomic mass is 28.3. The van der Waals surface area contributed by atoms with E-state index in [0.717, 1.165) is 41.1 Å². The third-order valence-electron chi connectivity index (χ3n) is 7.45. The maximum Gasteiger partial charge on any atom is 0.339 e. The van der Waals surface area contributed by atoms with E-state index in [0.29, 0.717) is 24.6 Å². The molecule has 1 aliphatic carbocycles. The monoisotopic (exact) mass is 459 g/mol. The van der Waals surface area contributed by atoms with Crippen LogP contribution in [-0.4, -0.2) is 42.6 Å². The van der Waals surface area contributed by atoms with Crippen LogP contribution in [0.2, 0.25) is 19.6 Å². The minimum Gasteiger partial charge on any atom is -0.464 e. The second-order valence-corrected chi connectivity index (χ2v) is 16.5. The number of carbonyl (C=O) groups is 2. The van der Waals surface area contributed by atoms with Crippen LogP contribution in [0.3, 0.4) is 0 Å². The third-order valence-corrected chi connectivity index (χ3v) is 9.59. The number of ether oxygens (including phenoxy) is 1. The van der Waals surface area contributed by atoms with Gasteiger partial charge in [-0.05, 0) is 73.3 Å². The van der Waals surface area contributed by atoms with Crippen LogP contribution in [0.25, 0.3) is 0 Å². The van der Waals surface area contributed by atoms with Gasteiger partial charge in [0.2, 0.25) is 5.91 Å². The number of amides is 1. The molecule has 0 spiro atoms. The van der Waals surface area contributed by atoms with Crippen molar-refractivity contribution in [3.63, 3.8) is 0 Å². The highest BCUT2D eigenvalue weighted by Gasteiger charge is 2.39. The first-order valence-electron chi connectivity index (χ1n) is 12.1. The number of benzene rings is 1. The molecule has 32 heavy (non-hydrogen) atoms. The Labute approximate surface area is 194 Å². The van der Waals surface area contributed by atoms with Crippen LogP contribution in [0.4, 0.5) is 0 Å². The molecule has 1 aliphatic heterocycles. The lowest BCUT2D eigenvalue weighted by molar-refractivity contribution is -0.153. The van der Waals surface area contributed by atoms with Gasteiger partial charge in [0.15, 0.2) is 6.10 Å². The molecule has 1 amide bonds. The minimum atomic E-state index is -1.92. The molecule has 1 heterocycles. The second kappa shape index (κ2) is 8.94. The number of esters is 1. The molecule has 1 N–H and O–H groups in total. The molecule has 0 bridgehead atoms. The van der Waals surface area contributed by atoms with Crippen LogP contribution in [-0.2, 0) is 27.3 Å². The van der Waals surface area contributed by atoms with Crippen LogP contribution in [0.15, 0.2) is 0 Å². The molecule has 0 aromatic heterocycles. The van der Waals surface area contributed by atoms with E-state index >= 15 is 0 Å². The first-order valence-corrected chi connectivity index (χ1v) is 15.6. The molecule has 2 aliphatic rings. The lowest BCUT2D eigenvalue weighted by Gasteiger charge is -2.44. The Bertz CT molecular complexity index is 916. The third kappa shape index (κ3) is 4.67. The van der Waals surface area contributed by atoms with Crippen LogP contribution < -0.4 is 5.19 Å². The van der Waals surface area contributed by atoms with Crippen molar-refractivity contribution >= 4 is 25.1 Å². The van der Waals surface area contributed by atoms with Crippen molar-refractivity contribution in [1.82, 2.24) is 4.90 Å². The van der Waals surface area contributed by atoms with Gasteiger partial charge < -0.3 is 14.7 Å². The summed E-state index contributed by atoms with van der Waals surface area (Å²) in [4.78, 5) is 27.9. The second-order valence-electron chi connectivity index (χ2n) is 11.5. The smallest absolute Gasteiger partial charge is 0.339 e. The summed E-state index contributed by atoms with van der Waals surface area (Å²) in [6, 6.07) is 0.291. The van der Waals surface area contributed by atoms with Crippen LogP contribution in [0.1, 0.15) is 80.4 Å². The van der Waals surface area contributed by atoms with Crippen molar-refractivity contribution < 1.29 is 19.4 Å². The van der Waals surface area contributed by atoms with Crippen molar-refractivity contribution in [1.29, 1.82) is 0 Å². The van der Waals surface area contributed by atoms with Crippen LogP contribution >= 0.6 is 0 Å². The maximum atomic E-state index is 13.3. The molecule has 5 nitrogen and oxygen atoms in total. The Morgan fingerprint density at radius 1 is 1.22 bits per heavy atom. The number of nitrogens with zero attached hydrogens (tertiary/aromatic N) is 1. The Balaban J connectivity index is 2.11. The van der Waals surface area contributed by atoms with E-state index in [9.17, 15) is 14.7 Å². The predicted molar refractivity (Wildman–Crippen MR) is 131 cm³/mol. The highest BCUT2D eigenvalue weighted by molar-refractivity contribution is 6.89. The van der Waals surface area contributed by atoms with Crippen molar-refractivity contribution in [2.75, 3.05) is 6.61 Å². The Morgan fingerprint density at radius 3 is 2.44 bits per heavy atom. The van der Waals surface area contributed by atoms with Gasteiger partial charge >= 0.3 is 5.97 Å². The molecule has 6 heteroatoms. The zero-order valence-corrected chi connectivity index (χ0v) is 22.2. The summed E-state index contributed by atoms with van der Waals surface area (Å²) in [6.07, 6.45) is 3.53. The largest absolute Gasteiger partial charge is 0.464 e. The molecule has 3 rings (SSSR count). The van der Waals surface area contributed by atoms with E-state index in [1.165, 1.54) is 12.0 Å². The molecule has 1 unspecified atom stereocenters. The Hall–Kier alpha value is -1.66. The van der Waals surface area contributed by atoms with Crippen LogP contribution in [0.5, 0.6) is 0 Å². The van der Waals surface area contributed by atoms with Gasteiger partial charge in [0.25, 0.3) is 0 Å².